The molecule has 8 nitrogen and oxygen atoms in total. The first-order chi connectivity index (χ1) is 16.2. The summed E-state index contributed by atoms with van der Waals surface area (Å²) < 4.78 is 30.2. The van der Waals surface area contributed by atoms with Crippen molar-refractivity contribution in [2.45, 2.75) is 11.4 Å². The molecule has 0 amide bonds. The van der Waals surface area contributed by atoms with Gasteiger partial charge in [-0.2, -0.15) is 0 Å². The van der Waals surface area contributed by atoms with Crippen molar-refractivity contribution in [3.63, 3.8) is 0 Å². The molecular formula is C24H18BrN3O5S. The number of aromatic hydroxyl groups is 2. The third-order valence-electron chi connectivity index (χ3n) is 5.54. The van der Waals surface area contributed by atoms with E-state index in [1.807, 2.05) is 18.2 Å². The second-order valence-electron chi connectivity index (χ2n) is 7.71. The minimum absolute atomic E-state index is 0.0186. The summed E-state index contributed by atoms with van der Waals surface area (Å²) in [6.07, 6.45) is 0. The number of H-pyrrole nitrogens is 1. The SMILES string of the molecule is O=c1[nH]c2cc(CNS(=O)(=O)c3cccc4ccccc34)ccc2n1-c1cc(Br)c(O)cc1O. The second kappa shape index (κ2) is 8.32. The van der Waals surface area contributed by atoms with E-state index in [1.165, 1.54) is 10.6 Å². The van der Waals surface area contributed by atoms with Gasteiger partial charge in [0.25, 0.3) is 0 Å². The molecule has 4 aromatic carbocycles. The number of hydrogen-bond acceptors (Lipinski definition) is 5. The highest BCUT2D eigenvalue weighted by molar-refractivity contribution is 9.10. The molecule has 5 rings (SSSR count). The molecule has 172 valence electrons. The van der Waals surface area contributed by atoms with Crippen molar-refractivity contribution >= 4 is 47.8 Å². The van der Waals surface area contributed by atoms with Crippen molar-refractivity contribution in [2.75, 3.05) is 0 Å². The fourth-order valence-corrected chi connectivity index (χ4v) is 5.49. The van der Waals surface area contributed by atoms with Crippen LogP contribution in [0.2, 0.25) is 0 Å². The Morgan fingerprint density at radius 2 is 1.71 bits per heavy atom. The number of benzene rings is 4. The monoisotopic (exact) mass is 539 g/mol. The van der Waals surface area contributed by atoms with Crippen LogP contribution in [0.25, 0.3) is 27.5 Å². The van der Waals surface area contributed by atoms with Gasteiger partial charge in [0.05, 0.1) is 26.1 Å². The Labute approximate surface area is 202 Å². The molecule has 0 saturated heterocycles. The molecule has 1 heterocycles. The van der Waals surface area contributed by atoms with E-state index in [0.717, 1.165) is 11.5 Å². The van der Waals surface area contributed by atoms with Gasteiger partial charge < -0.3 is 15.2 Å². The third kappa shape index (κ3) is 3.85. The minimum atomic E-state index is -3.79. The van der Waals surface area contributed by atoms with Crippen molar-refractivity contribution in [1.82, 2.24) is 14.3 Å². The van der Waals surface area contributed by atoms with Crippen molar-refractivity contribution in [2.24, 2.45) is 0 Å². The first kappa shape index (κ1) is 22.2. The number of nitrogens with one attached hydrogen (secondary N) is 2. The standard InChI is InChI=1S/C24H18BrN3O5S/c25-17-11-20(22(30)12-21(17)29)28-19-9-8-14(10-18(19)27-24(28)31)13-26-34(32,33)23-7-3-5-15-4-1-2-6-16(15)23/h1-12,26,29-30H,13H2,(H,27,31). The van der Waals surface area contributed by atoms with E-state index in [-0.39, 0.29) is 28.6 Å². The molecule has 0 unspecified atom stereocenters. The van der Waals surface area contributed by atoms with Crippen LogP contribution in [0.15, 0.2) is 87.0 Å². The van der Waals surface area contributed by atoms with Crippen LogP contribution in [0.4, 0.5) is 0 Å². The predicted molar refractivity (Wildman–Crippen MR) is 133 cm³/mol. The summed E-state index contributed by atoms with van der Waals surface area (Å²) in [7, 11) is -3.79. The van der Waals surface area contributed by atoms with Gasteiger partial charge in [0, 0.05) is 18.0 Å². The van der Waals surface area contributed by atoms with Crippen molar-refractivity contribution in [3.8, 4) is 17.2 Å². The fourth-order valence-electron chi connectivity index (χ4n) is 3.91. The second-order valence-corrected chi connectivity index (χ2v) is 10.3. The Morgan fingerprint density at radius 1 is 0.941 bits per heavy atom. The summed E-state index contributed by atoms with van der Waals surface area (Å²) in [4.78, 5) is 15.5. The zero-order valence-electron chi connectivity index (χ0n) is 17.5. The molecule has 4 N–H and O–H groups in total. The summed E-state index contributed by atoms with van der Waals surface area (Å²) in [5.74, 6) is -0.425. The zero-order valence-corrected chi connectivity index (χ0v) is 19.9. The van der Waals surface area contributed by atoms with Crippen LogP contribution in [0.3, 0.4) is 0 Å². The first-order valence-electron chi connectivity index (χ1n) is 10.2. The Hall–Kier alpha value is -3.60. The summed E-state index contributed by atoms with van der Waals surface area (Å²) in [6, 6.07) is 20.0. The number of nitrogens with zero attached hydrogens (tertiary/aromatic N) is 1. The van der Waals surface area contributed by atoms with Gasteiger partial charge in [0.1, 0.15) is 11.5 Å². The van der Waals surface area contributed by atoms with E-state index in [1.54, 1.807) is 42.5 Å². The molecule has 0 saturated carbocycles. The summed E-state index contributed by atoms with van der Waals surface area (Å²) >= 11 is 3.19. The number of phenols is 2. The maximum atomic E-state index is 13.0. The number of aromatic amines is 1. The maximum Gasteiger partial charge on any atom is 0.331 e. The zero-order chi connectivity index (χ0) is 24.0. The van der Waals surface area contributed by atoms with E-state index >= 15 is 0 Å². The van der Waals surface area contributed by atoms with Crippen molar-refractivity contribution in [3.05, 3.63) is 93.3 Å². The smallest absolute Gasteiger partial charge is 0.331 e. The lowest BCUT2D eigenvalue weighted by Gasteiger charge is -2.10. The highest BCUT2D eigenvalue weighted by Crippen LogP contribution is 2.34. The van der Waals surface area contributed by atoms with Crippen LogP contribution in [-0.4, -0.2) is 28.2 Å². The lowest BCUT2D eigenvalue weighted by Crippen LogP contribution is -2.23. The number of imidazole rings is 1. The Kier molecular flexibility index (Phi) is 5.43. The summed E-state index contributed by atoms with van der Waals surface area (Å²) in [6.45, 7) is 0.0186. The van der Waals surface area contributed by atoms with Crippen molar-refractivity contribution in [1.29, 1.82) is 0 Å². The molecule has 0 bridgehead atoms. The molecule has 0 atom stereocenters. The minimum Gasteiger partial charge on any atom is -0.507 e. The Morgan fingerprint density at radius 3 is 2.53 bits per heavy atom. The number of hydrogen-bond donors (Lipinski definition) is 4. The molecule has 5 aromatic rings. The van der Waals surface area contributed by atoms with Gasteiger partial charge in [0.15, 0.2) is 0 Å². The number of phenolic OH excluding ortho intramolecular Hbond substituents is 2. The third-order valence-corrected chi connectivity index (χ3v) is 7.63. The topological polar surface area (TPSA) is 124 Å². The fraction of sp³-hybridized carbons (Fsp3) is 0.0417. The molecule has 0 spiro atoms. The molecular weight excluding hydrogens is 522 g/mol. The molecule has 0 aliphatic heterocycles. The lowest BCUT2D eigenvalue weighted by molar-refractivity contribution is 0.446. The summed E-state index contributed by atoms with van der Waals surface area (Å²) in [5.41, 5.74) is 1.29. The lowest BCUT2D eigenvalue weighted by atomic mass is 10.1. The molecule has 0 aliphatic rings. The summed E-state index contributed by atoms with van der Waals surface area (Å²) in [5, 5.41) is 21.5. The van der Waals surface area contributed by atoms with E-state index in [9.17, 15) is 23.4 Å². The van der Waals surface area contributed by atoms with Gasteiger partial charge in [-0.15, -0.1) is 0 Å². The number of halogens is 1. The number of aromatic nitrogens is 2. The van der Waals surface area contributed by atoms with E-state index in [0.29, 0.717) is 26.5 Å². The average Bonchev–Trinajstić information content (AvgIpc) is 3.14. The van der Waals surface area contributed by atoms with Crippen LogP contribution >= 0.6 is 15.9 Å². The number of sulfonamides is 1. The van der Waals surface area contributed by atoms with Gasteiger partial charge in [-0.1, -0.05) is 42.5 Å². The van der Waals surface area contributed by atoms with Crippen LogP contribution < -0.4 is 10.4 Å². The van der Waals surface area contributed by atoms with Gasteiger partial charge in [0.2, 0.25) is 10.0 Å². The van der Waals surface area contributed by atoms with E-state index in [4.69, 9.17) is 0 Å². The molecule has 10 heteroatoms. The van der Waals surface area contributed by atoms with Crippen molar-refractivity contribution < 1.29 is 18.6 Å². The first-order valence-corrected chi connectivity index (χ1v) is 12.5. The van der Waals surface area contributed by atoms with Crippen LogP contribution in [-0.2, 0) is 16.6 Å². The average molecular weight is 540 g/mol. The van der Waals surface area contributed by atoms with Gasteiger partial charge in [-0.25, -0.2) is 17.9 Å². The molecule has 1 aromatic heterocycles. The highest BCUT2D eigenvalue weighted by Gasteiger charge is 2.18. The molecule has 0 fully saturated rings. The Bertz CT molecular complexity index is 1740. The van der Waals surface area contributed by atoms with Crippen LogP contribution in [0.5, 0.6) is 11.5 Å². The normalized spacial score (nSPS) is 11.9. The number of fused-ring (bicyclic) bond motifs is 2. The Balaban J connectivity index is 1.47. The van der Waals surface area contributed by atoms with E-state index in [2.05, 4.69) is 25.6 Å². The van der Waals surface area contributed by atoms with E-state index < -0.39 is 15.7 Å². The molecule has 0 radical (unpaired) electrons. The molecule has 34 heavy (non-hydrogen) atoms. The highest BCUT2D eigenvalue weighted by atomic mass is 79.9. The van der Waals surface area contributed by atoms with Crippen LogP contribution in [0, 0.1) is 0 Å². The van der Waals surface area contributed by atoms with Gasteiger partial charge in [-0.05, 0) is 51.1 Å². The predicted octanol–water partition coefficient (Wildman–Crippen LogP) is 4.12. The largest absolute Gasteiger partial charge is 0.507 e. The molecule has 0 aliphatic carbocycles. The van der Waals surface area contributed by atoms with Crippen LogP contribution in [0.1, 0.15) is 5.56 Å². The van der Waals surface area contributed by atoms with Gasteiger partial charge >= 0.3 is 5.69 Å². The quantitative estimate of drug-likeness (QED) is 0.267. The number of rotatable bonds is 5. The maximum absolute atomic E-state index is 13.0. The van der Waals surface area contributed by atoms with Gasteiger partial charge in [-0.3, -0.25) is 4.57 Å².